The topological polar surface area (TPSA) is 0 Å². The van der Waals surface area contributed by atoms with Crippen molar-refractivity contribution in [2.24, 2.45) is 0 Å². The molecule has 0 saturated carbocycles. The summed E-state index contributed by atoms with van der Waals surface area (Å²) in [5, 5.41) is 0.845. The average molecular weight is 312 g/mol. The Bertz CT molecular complexity index is 181. The van der Waals surface area contributed by atoms with E-state index in [1.165, 1.54) is 0 Å². The summed E-state index contributed by atoms with van der Waals surface area (Å²) in [5.41, 5.74) is 0. The predicted molar refractivity (Wildman–Crippen MR) is 73.1 cm³/mol. The van der Waals surface area contributed by atoms with Crippen molar-refractivity contribution in [2.45, 2.75) is 36.4 Å². The summed E-state index contributed by atoms with van der Waals surface area (Å²) in [4.78, 5) is 0. The summed E-state index contributed by atoms with van der Waals surface area (Å²) in [6, 6.07) is 0. The van der Waals surface area contributed by atoms with Gasteiger partial charge >= 0.3 is 0 Å². The Morgan fingerprint density at radius 2 is 1.53 bits per heavy atom. The first kappa shape index (κ1) is 16.2. The van der Waals surface area contributed by atoms with E-state index in [0.717, 1.165) is 30.7 Å². The van der Waals surface area contributed by atoms with E-state index < -0.39 is 0 Å². The predicted octanol–water partition coefficient (Wildman–Crippen LogP) is 5.36. The SMILES string of the molecule is ClCC(Cl)CCC=C(Cl)CCC(Cl)CCl. The third kappa shape index (κ3) is 10.1. The minimum absolute atomic E-state index is 0.00238. The van der Waals surface area contributed by atoms with Crippen molar-refractivity contribution in [1.29, 1.82) is 0 Å². The Morgan fingerprint density at radius 1 is 1.00 bits per heavy atom. The molecule has 0 radical (unpaired) electrons. The second kappa shape index (κ2) is 10.4. The fourth-order valence-corrected chi connectivity index (χ4v) is 1.73. The van der Waals surface area contributed by atoms with Crippen molar-refractivity contribution >= 4 is 58.0 Å². The first-order valence-electron chi connectivity index (χ1n) is 4.84. The van der Waals surface area contributed by atoms with Crippen LogP contribution in [0.2, 0.25) is 0 Å². The third-order valence-electron chi connectivity index (χ3n) is 1.88. The molecule has 0 fully saturated rings. The molecule has 0 amide bonds. The number of hydrogen-bond donors (Lipinski definition) is 0. The maximum absolute atomic E-state index is 5.99. The summed E-state index contributed by atoms with van der Waals surface area (Å²) in [5.74, 6) is 0.935. The van der Waals surface area contributed by atoms with Crippen LogP contribution in [0.3, 0.4) is 0 Å². The first-order chi connectivity index (χ1) is 7.10. The van der Waals surface area contributed by atoms with Crippen LogP contribution in [-0.4, -0.2) is 22.5 Å². The Hall–Kier alpha value is 1.19. The minimum atomic E-state index is -0.00238. The van der Waals surface area contributed by atoms with Gasteiger partial charge in [0, 0.05) is 27.5 Å². The van der Waals surface area contributed by atoms with E-state index in [-0.39, 0.29) is 10.8 Å². The highest BCUT2D eigenvalue weighted by Crippen LogP contribution is 2.18. The van der Waals surface area contributed by atoms with Gasteiger partial charge in [0.1, 0.15) is 0 Å². The zero-order valence-electron chi connectivity index (χ0n) is 8.36. The minimum Gasteiger partial charge on any atom is -0.125 e. The normalized spacial score (nSPS) is 16.5. The maximum atomic E-state index is 5.99. The van der Waals surface area contributed by atoms with E-state index in [0.29, 0.717) is 11.8 Å². The van der Waals surface area contributed by atoms with Gasteiger partial charge < -0.3 is 0 Å². The van der Waals surface area contributed by atoms with Gasteiger partial charge in [-0.25, -0.2) is 0 Å². The summed E-state index contributed by atoms with van der Waals surface area (Å²) >= 11 is 28.9. The molecule has 5 heteroatoms. The van der Waals surface area contributed by atoms with Gasteiger partial charge in [0.25, 0.3) is 0 Å². The van der Waals surface area contributed by atoms with E-state index in [2.05, 4.69) is 0 Å². The van der Waals surface area contributed by atoms with Gasteiger partial charge in [-0.3, -0.25) is 0 Å². The summed E-state index contributed by atoms with van der Waals surface area (Å²) in [6.45, 7) is 0. The van der Waals surface area contributed by atoms with Crippen molar-refractivity contribution in [3.63, 3.8) is 0 Å². The molecule has 0 nitrogen and oxygen atoms in total. The van der Waals surface area contributed by atoms with Gasteiger partial charge in [0.05, 0.1) is 0 Å². The number of hydrogen-bond acceptors (Lipinski definition) is 0. The van der Waals surface area contributed by atoms with Crippen LogP contribution in [-0.2, 0) is 0 Å². The highest BCUT2D eigenvalue weighted by atomic mass is 35.5. The molecule has 0 aliphatic carbocycles. The van der Waals surface area contributed by atoms with Crippen LogP contribution in [0.15, 0.2) is 11.1 Å². The van der Waals surface area contributed by atoms with Gasteiger partial charge in [-0.15, -0.1) is 46.4 Å². The maximum Gasteiger partial charge on any atom is 0.0474 e. The van der Waals surface area contributed by atoms with Crippen LogP contribution in [0.5, 0.6) is 0 Å². The zero-order valence-corrected chi connectivity index (χ0v) is 12.1. The lowest BCUT2D eigenvalue weighted by Gasteiger charge is -2.05. The van der Waals surface area contributed by atoms with Crippen molar-refractivity contribution in [2.75, 3.05) is 11.8 Å². The third-order valence-corrected chi connectivity index (χ3v) is 4.03. The molecule has 2 unspecified atom stereocenters. The Morgan fingerprint density at radius 3 is 2.07 bits per heavy atom. The molecule has 0 N–H and O–H groups in total. The lowest BCUT2D eigenvalue weighted by Crippen LogP contribution is -2.00. The van der Waals surface area contributed by atoms with E-state index >= 15 is 0 Å². The van der Waals surface area contributed by atoms with E-state index in [9.17, 15) is 0 Å². The molecule has 90 valence electrons. The number of rotatable bonds is 8. The molecule has 0 heterocycles. The molecule has 0 aliphatic rings. The van der Waals surface area contributed by atoms with E-state index in [1.807, 2.05) is 6.08 Å². The van der Waals surface area contributed by atoms with Crippen LogP contribution >= 0.6 is 58.0 Å². The van der Waals surface area contributed by atoms with Crippen LogP contribution in [0.1, 0.15) is 25.7 Å². The van der Waals surface area contributed by atoms with E-state index in [1.54, 1.807) is 0 Å². The molecule has 0 rings (SSSR count). The average Bonchev–Trinajstić information content (AvgIpc) is 2.25. The standard InChI is InChI=1S/C10H15Cl5/c11-6-9(14)3-1-2-8(13)4-5-10(15)7-12/h2,9-10H,1,3-7H2. The zero-order chi connectivity index (χ0) is 11.7. The summed E-state index contributed by atoms with van der Waals surface area (Å²) in [7, 11) is 0. The molecule has 15 heavy (non-hydrogen) atoms. The second-order valence-electron chi connectivity index (χ2n) is 3.27. The van der Waals surface area contributed by atoms with Crippen LogP contribution in [0.25, 0.3) is 0 Å². The number of allylic oxidation sites excluding steroid dienone is 2. The van der Waals surface area contributed by atoms with Crippen molar-refractivity contribution < 1.29 is 0 Å². The second-order valence-corrected chi connectivity index (χ2v) is 5.61. The molecule has 0 aromatic rings. The fraction of sp³-hybridized carbons (Fsp3) is 0.800. The molecule has 0 saturated heterocycles. The van der Waals surface area contributed by atoms with Crippen molar-refractivity contribution in [1.82, 2.24) is 0 Å². The number of alkyl halides is 4. The van der Waals surface area contributed by atoms with Crippen LogP contribution < -0.4 is 0 Å². The lowest BCUT2D eigenvalue weighted by molar-refractivity contribution is 0.799. The fourth-order valence-electron chi connectivity index (χ4n) is 0.972. The highest BCUT2D eigenvalue weighted by Gasteiger charge is 2.04. The number of halogens is 5. The molecule has 0 aliphatic heterocycles. The molecule has 0 aromatic heterocycles. The van der Waals surface area contributed by atoms with Gasteiger partial charge in [-0.05, 0) is 25.7 Å². The summed E-state index contributed by atoms with van der Waals surface area (Å²) in [6.07, 6.45) is 5.26. The van der Waals surface area contributed by atoms with Crippen LogP contribution in [0, 0.1) is 0 Å². The monoisotopic (exact) mass is 310 g/mol. The van der Waals surface area contributed by atoms with Gasteiger partial charge in [0.2, 0.25) is 0 Å². The van der Waals surface area contributed by atoms with Crippen molar-refractivity contribution in [3.8, 4) is 0 Å². The highest BCUT2D eigenvalue weighted by molar-refractivity contribution is 6.30. The smallest absolute Gasteiger partial charge is 0.0474 e. The molecule has 0 spiro atoms. The largest absolute Gasteiger partial charge is 0.125 e. The Balaban J connectivity index is 3.60. The Kier molecular flexibility index (Phi) is 11.2. The quantitative estimate of drug-likeness (QED) is 0.529. The first-order valence-corrected chi connectivity index (χ1v) is 7.16. The van der Waals surface area contributed by atoms with Crippen molar-refractivity contribution in [3.05, 3.63) is 11.1 Å². The summed E-state index contributed by atoms with van der Waals surface area (Å²) < 4.78 is 0. The van der Waals surface area contributed by atoms with Gasteiger partial charge in [0.15, 0.2) is 0 Å². The molecule has 0 bridgehead atoms. The molecular weight excluding hydrogens is 297 g/mol. The molecule has 0 aromatic carbocycles. The van der Waals surface area contributed by atoms with Gasteiger partial charge in [-0.1, -0.05) is 17.7 Å². The van der Waals surface area contributed by atoms with Gasteiger partial charge in [-0.2, -0.15) is 0 Å². The lowest BCUT2D eigenvalue weighted by atomic mass is 10.2. The Labute approximate surface area is 117 Å². The molecular formula is C10H15Cl5. The molecule has 2 atom stereocenters. The van der Waals surface area contributed by atoms with E-state index in [4.69, 9.17) is 58.0 Å². The van der Waals surface area contributed by atoms with Crippen LogP contribution in [0.4, 0.5) is 0 Å².